The van der Waals surface area contributed by atoms with Gasteiger partial charge in [-0.1, -0.05) is 24.3 Å². The zero-order valence-corrected chi connectivity index (χ0v) is 14.2. The van der Waals surface area contributed by atoms with Gasteiger partial charge in [0.05, 0.1) is 6.42 Å². The van der Waals surface area contributed by atoms with Gasteiger partial charge in [-0.25, -0.2) is 0 Å². The fourth-order valence-corrected chi connectivity index (χ4v) is 2.23. The van der Waals surface area contributed by atoms with Crippen molar-refractivity contribution in [2.45, 2.75) is 20.3 Å². The van der Waals surface area contributed by atoms with Crippen LogP contribution in [0, 0.1) is 13.8 Å². The van der Waals surface area contributed by atoms with Crippen LogP contribution in [0.25, 0.3) is 12.2 Å². The Morgan fingerprint density at radius 2 is 1.20 bits per heavy atom. The molecule has 0 saturated heterocycles. The molecule has 2 aromatic rings. The average molecular weight is 336 g/mol. The van der Waals surface area contributed by atoms with Gasteiger partial charge in [0.15, 0.2) is 11.6 Å². The zero-order chi connectivity index (χ0) is 18.4. The molecule has 0 atom stereocenters. The van der Waals surface area contributed by atoms with E-state index >= 15 is 0 Å². The second kappa shape index (κ2) is 8.11. The number of carbonyl (C=O) groups excluding carboxylic acids is 2. The molecule has 4 heteroatoms. The fraction of sp³-hybridized carbons (Fsp3) is 0.143. The molecule has 0 aliphatic rings. The number of allylic oxidation sites excluding steroid dienone is 2. The predicted molar refractivity (Wildman–Crippen MR) is 98.4 cm³/mol. The van der Waals surface area contributed by atoms with Crippen molar-refractivity contribution in [2.24, 2.45) is 0 Å². The van der Waals surface area contributed by atoms with Crippen LogP contribution in [0.15, 0.2) is 48.6 Å². The van der Waals surface area contributed by atoms with E-state index in [0.29, 0.717) is 0 Å². The molecule has 2 aromatic carbocycles. The third-order valence-electron chi connectivity index (χ3n) is 3.71. The van der Waals surface area contributed by atoms with Crippen LogP contribution < -0.4 is 0 Å². The maximum Gasteiger partial charge on any atom is 0.163 e. The first-order valence-corrected chi connectivity index (χ1v) is 7.86. The molecular weight excluding hydrogens is 316 g/mol. The van der Waals surface area contributed by atoms with Crippen molar-refractivity contribution in [1.29, 1.82) is 0 Å². The summed E-state index contributed by atoms with van der Waals surface area (Å²) in [5, 5.41) is 18.9. The lowest BCUT2D eigenvalue weighted by Gasteiger charge is -2.00. The number of phenolic OH excluding ortho intramolecular Hbond substituents is 2. The highest BCUT2D eigenvalue weighted by atomic mass is 16.3. The van der Waals surface area contributed by atoms with Crippen molar-refractivity contribution in [3.05, 3.63) is 70.8 Å². The fourth-order valence-electron chi connectivity index (χ4n) is 2.23. The summed E-state index contributed by atoms with van der Waals surface area (Å²) in [4.78, 5) is 23.7. The van der Waals surface area contributed by atoms with Gasteiger partial charge in [-0.15, -0.1) is 0 Å². The minimum atomic E-state index is -0.290. The molecular formula is C21H20O4. The van der Waals surface area contributed by atoms with E-state index in [2.05, 4.69) is 0 Å². The highest BCUT2D eigenvalue weighted by Crippen LogP contribution is 2.18. The molecule has 0 radical (unpaired) electrons. The summed E-state index contributed by atoms with van der Waals surface area (Å²) < 4.78 is 0. The monoisotopic (exact) mass is 336 g/mol. The van der Waals surface area contributed by atoms with Crippen molar-refractivity contribution >= 4 is 23.7 Å². The molecule has 0 unspecified atom stereocenters. The number of phenols is 2. The van der Waals surface area contributed by atoms with Gasteiger partial charge >= 0.3 is 0 Å². The standard InChI is InChI=1S/C21H20O4/c1-14-11-16(5-9-20(14)24)3-7-18(22)13-19(23)8-4-17-6-10-21(25)15(2)12-17/h3-12,24-25H,13H2,1-2H3/b7-3+,8-4+. The molecule has 128 valence electrons. The topological polar surface area (TPSA) is 74.6 Å². The largest absolute Gasteiger partial charge is 0.508 e. The Bertz CT molecular complexity index is 789. The van der Waals surface area contributed by atoms with Gasteiger partial charge in [0.25, 0.3) is 0 Å². The van der Waals surface area contributed by atoms with Gasteiger partial charge in [-0.3, -0.25) is 9.59 Å². The maximum atomic E-state index is 11.9. The van der Waals surface area contributed by atoms with E-state index in [1.807, 2.05) is 0 Å². The highest BCUT2D eigenvalue weighted by Gasteiger charge is 2.04. The summed E-state index contributed by atoms with van der Waals surface area (Å²) in [6.07, 6.45) is 5.76. The van der Waals surface area contributed by atoms with Crippen LogP contribution in [0.2, 0.25) is 0 Å². The van der Waals surface area contributed by atoms with Crippen molar-refractivity contribution in [1.82, 2.24) is 0 Å². The number of rotatable bonds is 6. The van der Waals surface area contributed by atoms with Crippen LogP contribution in [0.3, 0.4) is 0 Å². The van der Waals surface area contributed by atoms with Gasteiger partial charge in [0.1, 0.15) is 11.5 Å². The Morgan fingerprint density at radius 1 is 0.800 bits per heavy atom. The molecule has 25 heavy (non-hydrogen) atoms. The van der Waals surface area contributed by atoms with Gasteiger partial charge < -0.3 is 10.2 Å². The second-order valence-electron chi connectivity index (χ2n) is 5.87. The zero-order valence-electron chi connectivity index (χ0n) is 14.2. The molecule has 0 heterocycles. The van der Waals surface area contributed by atoms with E-state index in [9.17, 15) is 19.8 Å². The Balaban J connectivity index is 1.94. The number of hydrogen-bond donors (Lipinski definition) is 2. The number of aryl methyl sites for hydroxylation is 2. The molecule has 4 nitrogen and oxygen atoms in total. The lowest BCUT2D eigenvalue weighted by atomic mass is 10.1. The minimum absolute atomic E-state index is 0.202. The summed E-state index contributed by atoms with van der Waals surface area (Å²) in [5.74, 6) is -0.175. The molecule has 2 N–H and O–H groups in total. The van der Waals surface area contributed by atoms with Crippen molar-refractivity contribution in [2.75, 3.05) is 0 Å². The first-order chi connectivity index (χ1) is 11.8. The first kappa shape index (κ1) is 18.2. The summed E-state index contributed by atoms with van der Waals surface area (Å²) >= 11 is 0. The molecule has 0 saturated carbocycles. The first-order valence-electron chi connectivity index (χ1n) is 7.86. The van der Waals surface area contributed by atoms with E-state index in [0.717, 1.165) is 22.3 Å². The Kier molecular flexibility index (Phi) is 5.90. The number of benzene rings is 2. The van der Waals surface area contributed by atoms with Crippen molar-refractivity contribution in [3.8, 4) is 11.5 Å². The number of carbonyl (C=O) groups is 2. The smallest absolute Gasteiger partial charge is 0.163 e. The number of hydrogen-bond acceptors (Lipinski definition) is 4. The van der Waals surface area contributed by atoms with Gasteiger partial charge in [-0.2, -0.15) is 0 Å². The van der Waals surface area contributed by atoms with Gasteiger partial charge in [0.2, 0.25) is 0 Å². The van der Waals surface area contributed by atoms with E-state index in [-0.39, 0.29) is 29.5 Å². The van der Waals surface area contributed by atoms with Crippen molar-refractivity contribution in [3.63, 3.8) is 0 Å². The van der Waals surface area contributed by atoms with Crippen LogP contribution >= 0.6 is 0 Å². The number of ketones is 2. The Morgan fingerprint density at radius 3 is 1.56 bits per heavy atom. The van der Waals surface area contributed by atoms with Crippen LogP contribution in [0.5, 0.6) is 11.5 Å². The Hall–Kier alpha value is -3.14. The molecule has 0 aliphatic heterocycles. The lowest BCUT2D eigenvalue weighted by molar-refractivity contribution is -0.121. The third kappa shape index (κ3) is 5.46. The molecule has 0 aromatic heterocycles. The second-order valence-corrected chi connectivity index (χ2v) is 5.87. The minimum Gasteiger partial charge on any atom is -0.508 e. The van der Waals surface area contributed by atoms with E-state index in [4.69, 9.17) is 0 Å². The quantitative estimate of drug-likeness (QED) is 0.618. The van der Waals surface area contributed by atoms with E-state index in [1.54, 1.807) is 62.4 Å². The predicted octanol–water partition coefficient (Wildman–Crippen LogP) is 3.97. The van der Waals surface area contributed by atoms with Gasteiger partial charge in [-0.05, 0) is 72.5 Å². The van der Waals surface area contributed by atoms with Crippen LogP contribution in [-0.2, 0) is 9.59 Å². The molecule has 2 rings (SSSR count). The molecule has 0 spiro atoms. The van der Waals surface area contributed by atoms with Gasteiger partial charge in [0, 0.05) is 0 Å². The van der Waals surface area contributed by atoms with Crippen LogP contribution in [0.1, 0.15) is 28.7 Å². The number of aromatic hydroxyl groups is 2. The summed E-state index contributed by atoms with van der Waals surface area (Å²) in [5.41, 5.74) is 3.01. The van der Waals surface area contributed by atoms with Crippen LogP contribution in [0.4, 0.5) is 0 Å². The average Bonchev–Trinajstić information content (AvgIpc) is 2.57. The maximum absolute atomic E-state index is 11.9. The molecule has 0 amide bonds. The third-order valence-corrected chi connectivity index (χ3v) is 3.71. The molecule has 0 fully saturated rings. The van der Waals surface area contributed by atoms with Crippen LogP contribution in [-0.4, -0.2) is 21.8 Å². The van der Waals surface area contributed by atoms with Crippen molar-refractivity contribution < 1.29 is 19.8 Å². The molecule has 0 bridgehead atoms. The normalized spacial score (nSPS) is 11.3. The SMILES string of the molecule is Cc1cc(/C=C/C(=O)CC(=O)/C=C/c2ccc(O)c(C)c2)ccc1O. The lowest BCUT2D eigenvalue weighted by Crippen LogP contribution is -2.01. The van der Waals surface area contributed by atoms with E-state index in [1.165, 1.54) is 12.2 Å². The van der Waals surface area contributed by atoms with E-state index < -0.39 is 0 Å². The highest BCUT2D eigenvalue weighted by molar-refractivity contribution is 6.10. The molecule has 0 aliphatic carbocycles. The summed E-state index contributed by atoms with van der Waals surface area (Å²) in [6.45, 7) is 3.54. The Labute approximate surface area is 146 Å². The summed E-state index contributed by atoms with van der Waals surface area (Å²) in [7, 11) is 0. The summed E-state index contributed by atoms with van der Waals surface area (Å²) in [6, 6.07) is 10.0.